The zero-order valence-corrected chi connectivity index (χ0v) is 13.3. The lowest BCUT2D eigenvalue weighted by atomic mass is 9.90. The highest BCUT2D eigenvalue weighted by Crippen LogP contribution is 2.20. The number of aromatic nitrogens is 2. The average Bonchev–Trinajstić information content (AvgIpc) is 2.46. The van der Waals surface area contributed by atoms with Crippen LogP contribution in [0.25, 0.3) is 0 Å². The molecule has 0 spiro atoms. The standard InChI is InChI=1S/C15H24N4O2/c1-15(2,12-16)6-5-7-19-14(20)10-13(11-17-19)18(3)8-9-21-4/h10-11H,5-9H2,1-4H3. The predicted octanol–water partition coefficient (Wildman–Crippen LogP) is 1.66. The van der Waals surface area contributed by atoms with E-state index < -0.39 is 0 Å². The first-order valence-corrected chi connectivity index (χ1v) is 7.08. The van der Waals surface area contributed by atoms with Gasteiger partial charge in [-0.05, 0) is 26.7 Å². The molecule has 6 heteroatoms. The molecule has 1 aromatic rings. The van der Waals surface area contributed by atoms with Crippen LogP contribution in [0.1, 0.15) is 26.7 Å². The Morgan fingerprint density at radius 2 is 2.24 bits per heavy atom. The second kappa shape index (κ2) is 7.79. The van der Waals surface area contributed by atoms with Crippen molar-refractivity contribution in [2.24, 2.45) is 5.41 Å². The van der Waals surface area contributed by atoms with Crippen molar-refractivity contribution in [2.45, 2.75) is 33.2 Å². The molecule has 0 aliphatic carbocycles. The summed E-state index contributed by atoms with van der Waals surface area (Å²) >= 11 is 0. The number of nitrogens with zero attached hydrogens (tertiary/aromatic N) is 4. The van der Waals surface area contributed by atoms with E-state index in [1.807, 2.05) is 25.8 Å². The van der Waals surface area contributed by atoms with E-state index in [-0.39, 0.29) is 11.0 Å². The van der Waals surface area contributed by atoms with E-state index >= 15 is 0 Å². The van der Waals surface area contributed by atoms with Crippen LogP contribution < -0.4 is 10.5 Å². The van der Waals surface area contributed by atoms with Gasteiger partial charge in [-0.2, -0.15) is 10.4 Å². The highest BCUT2D eigenvalue weighted by molar-refractivity contribution is 5.41. The summed E-state index contributed by atoms with van der Waals surface area (Å²) in [6.07, 6.45) is 3.19. The van der Waals surface area contributed by atoms with Gasteiger partial charge in [0, 0.05) is 33.3 Å². The van der Waals surface area contributed by atoms with E-state index in [2.05, 4.69) is 11.2 Å². The highest BCUT2D eigenvalue weighted by Gasteiger charge is 2.16. The number of rotatable bonds is 8. The van der Waals surface area contributed by atoms with E-state index in [4.69, 9.17) is 10.00 Å². The van der Waals surface area contributed by atoms with Gasteiger partial charge in [-0.1, -0.05) is 0 Å². The third kappa shape index (κ3) is 5.56. The van der Waals surface area contributed by atoms with Crippen LogP contribution in [-0.2, 0) is 11.3 Å². The summed E-state index contributed by atoms with van der Waals surface area (Å²) in [5.74, 6) is 0. The van der Waals surface area contributed by atoms with Crippen LogP contribution in [0.2, 0.25) is 0 Å². The van der Waals surface area contributed by atoms with E-state index in [1.165, 1.54) is 4.68 Å². The summed E-state index contributed by atoms with van der Waals surface area (Å²) in [6, 6.07) is 3.84. The molecule has 0 bridgehead atoms. The molecular weight excluding hydrogens is 268 g/mol. The Hall–Kier alpha value is -1.87. The van der Waals surface area contributed by atoms with Gasteiger partial charge in [0.25, 0.3) is 5.56 Å². The second-order valence-electron chi connectivity index (χ2n) is 5.79. The predicted molar refractivity (Wildman–Crippen MR) is 82.3 cm³/mol. The Labute approximate surface area is 125 Å². The normalized spacial score (nSPS) is 11.2. The number of anilines is 1. The van der Waals surface area contributed by atoms with Crippen molar-refractivity contribution in [3.8, 4) is 6.07 Å². The van der Waals surface area contributed by atoms with Crippen molar-refractivity contribution in [3.05, 3.63) is 22.6 Å². The molecular formula is C15H24N4O2. The summed E-state index contributed by atoms with van der Waals surface area (Å²) in [5.41, 5.74) is 0.307. The lowest BCUT2D eigenvalue weighted by Crippen LogP contribution is -2.27. The van der Waals surface area contributed by atoms with E-state index in [0.29, 0.717) is 19.7 Å². The average molecular weight is 292 g/mol. The fourth-order valence-corrected chi connectivity index (χ4v) is 1.88. The number of aryl methyl sites for hydroxylation is 1. The molecule has 0 radical (unpaired) electrons. The van der Waals surface area contributed by atoms with E-state index in [0.717, 1.165) is 18.5 Å². The van der Waals surface area contributed by atoms with Gasteiger partial charge in [0.05, 0.1) is 30.0 Å². The summed E-state index contributed by atoms with van der Waals surface area (Å²) < 4.78 is 6.46. The zero-order chi connectivity index (χ0) is 15.9. The van der Waals surface area contributed by atoms with Crippen molar-refractivity contribution >= 4 is 5.69 Å². The first-order chi connectivity index (χ1) is 9.89. The number of nitriles is 1. The molecule has 0 atom stereocenters. The van der Waals surface area contributed by atoms with Gasteiger partial charge in [-0.25, -0.2) is 4.68 Å². The topological polar surface area (TPSA) is 71.2 Å². The third-order valence-corrected chi connectivity index (χ3v) is 3.40. The van der Waals surface area contributed by atoms with Crippen LogP contribution in [0.4, 0.5) is 5.69 Å². The van der Waals surface area contributed by atoms with Gasteiger partial charge < -0.3 is 9.64 Å². The van der Waals surface area contributed by atoms with Crippen LogP contribution in [-0.4, -0.2) is 37.1 Å². The van der Waals surface area contributed by atoms with Crippen LogP contribution in [0, 0.1) is 16.7 Å². The molecule has 0 saturated heterocycles. The summed E-state index contributed by atoms with van der Waals surface area (Å²) in [7, 11) is 3.54. The SMILES string of the molecule is COCCN(C)c1cnn(CCCC(C)(C)C#N)c(=O)c1. The maximum absolute atomic E-state index is 12.0. The fraction of sp³-hybridized carbons (Fsp3) is 0.667. The third-order valence-electron chi connectivity index (χ3n) is 3.40. The lowest BCUT2D eigenvalue weighted by molar-refractivity contribution is 0.206. The maximum atomic E-state index is 12.0. The van der Waals surface area contributed by atoms with E-state index in [9.17, 15) is 4.79 Å². The highest BCUT2D eigenvalue weighted by atomic mass is 16.5. The largest absolute Gasteiger partial charge is 0.383 e. The monoisotopic (exact) mass is 292 g/mol. The van der Waals surface area contributed by atoms with Gasteiger partial charge in [-0.15, -0.1) is 0 Å². The van der Waals surface area contributed by atoms with Crippen molar-refractivity contribution in [3.63, 3.8) is 0 Å². The number of ether oxygens (including phenoxy) is 1. The molecule has 0 fully saturated rings. The molecule has 0 unspecified atom stereocenters. The molecule has 0 aliphatic heterocycles. The molecule has 116 valence electrons. The summed E-state index contributed by atoms with van der Waals surface area (Å²) in [4.78, 5) is 14.0. The molecule has 21 heavy (non-hydrogen) atoms. The Bertz CT molecular complexity index is 545. The Kier molecular flexibility index (Phi) is 6.38. The molecule has 0 aliphatic rings. The number of hydrogen-bond acceptors (Lipinski definition) is 5. The molecule has 0 N–H and O–H groups in total. The molecule has 0 aromatic carbocycles. The van der Waals surface area contributed by atoms with Gasteiger partial charge in [-0.3, -0.25) is 4.79 Å². The molecule has 1 aromatic heterocycles. The second-order valence-corrected chi connectivity index (χ2v) is 5.79. The van der Waals surface area contributed by atoms with Crippen LogP contribution in [0.3, 0.4) is 0 Å². The van der Waals surface area contributed by atoms with Crippen molar-refractivity contribution < 1.29 is 4.74 Å². The van der Waals surface area contributed by atoms with Gasteiger partial charge >= 0.3 is 0 Å². The lowest BCUT2D eigenvalue weighted by Gasteiger charge is -2.18. The minimum absolute atomic E-state index is 0.119. The first kappa shape index (κ1) is 17.2. The minimum atomic E-state index is -0.357. The zero-order valence-electron chi connectivity index (χ0n) is 13.3. The van der Waals surface area contributed by atoms with Gasteiger partial charge in [0.1, 0.15) is 0 Å². The Balaban J connectivity index is 2.63. The van der Waals surface area contributed by atoms with Crippen LogP contribution in [0.15, 0.2) is 17.1 Å². The van der Waals surface area contributed by atoms with Crippen molar-refractivity contribution in [2.75, 3.05) is 32.2 Å². The molecule has 1 rings (SSSR count). The number of likely N-dealkylation sites (N-methyl/N-ethyl adjacent to an activating group) is 1. The van der Waals surface area contributed by atoms with Gasteiger partial charge in [0.15, 0.2) is 0 Å². The summed E-state index contributed by atoms with van der Waals surface area (Å²) in [5, 5.41) is 13.2. The Morgan fingerprint density at radius 3 is 2.81 bits per heavy atom. The number of methoxy groups -OCH3 is 1. The smallest absolute Gasteiger partial charge is 0.268 e. The minimum Gasteiger partial charge on any atom is -0.383 e. The van der Waals surface area contributed by atoms with Crippen molar-refractivity contribution in [1.82, 2.24) is 9.78 Å². The van der Waals surface area contributed by atoms with Crippen LogP contribution in [0.5, 0.6) is 0 Å². The van der Waals surface area contributed by atoms with Crippen LogP contribution >= 0.6 is 0 Å². The first-order valence-electron chi connectivity index (χ1n) is 7.08. The Morgan fingerprint density at radius 1 is 1.52 bits per heavy atom. The fourth-order valence-electron chi connectivity index (χ4n) is 1.88. The maximum Gasteiger partial charge on any atom is 0.268 e. The molecule has 0 amide bonds. The molecule has 1 heterocycles. The van der Waals surface area contributed by atoms with Crippen molar-refractivity contribution in [1.29, 1.82) is 5.26 Å². The molecule has 6 nitrogen and oxygen atoms in total. The summed E-state index contributed by atoms with van der Waals surface area (Å²) in [6.45, 7) is 5.64. The molecule has 0 saturated carbocycles. The van der Waals surface area contributed by atoms with E-state index in [1.54, 1.807) is 19.4 Å². The number of hydrogen-bond donors (Lipinski definition) is 0. The van der Waals surface area contributed by atoms with Gasteiger partial charge in [0.2, 0.25) is 0 Å². The quantitative estimate of drug-likeness (QED) is 0.728.